The molecule has 1 heterocycles. The molecule has 0 bridgehead atoms. The number of aromatic nitrogens is 1. The Labute approximate surface area is 171 Å². The summed E-state index contributed by atoms with van der Waals surface area (Å²) >= 11 is 7.75. The summed E-state index contributed by atoms with van der Waals surface area (Å²) in [6.07, 6.45) is 6.49. The quantitative estimate of drug-likeness (QED) is 0.242. The van der Waals surface area contributed by atoms with Crippen LogP contribution >= 0.6 is 24.0 Å². The van der Waals surface area contributed by atoms with Crippen LogP contribution in [0.4, 0.5) is 0 Å². The van der Waals surface area contributed by atoms with Gasteiger partial charge in [-0.25, -0.2) is 0 Å². The third-order valence-electron chi connectivity index (χ3n) is 4.40. The maximum atomic E-state index is 5.86. The minimum absolute atomic E-state index is 0.836. The summed E-state index contributed by atoms with van der Waals surface area (Å²) < 4.78 is 8.12. The summed E-state index contributed by atoms with van der Waals surface area (Å²) in [5.74, 6) is 1.10. The fraction of sp³-hybridized carbons (Fsp3) is 0.261. The van der Waals surface area contributed by atoms with Gasteiger partial charge in [0.1, 0.15) is 0 Å². The lowest BCUT2D eigenvalue weighted by molar-refractivity contribution is 0.194. The molecule has 0 spiro atoms. The zero-order valence-electron chi connectivity index (χ0n) is 15.9. The van der Waals surface area contributed by atoms with Gasteiger partial charge in [-0.1, -0.05) is 54.7 Å². The maximum absolute atomic E-state index is 5.86. The normalized spacial score (nSPS) is 10.9. The fourth-order valence-electron chi connectivity index (χ4n) is 3.03. The van der Waals surface area contributed by atoms with Crippen LogP contribution in [0.5, 0.6) is 0 Å². The largest absolute Gasteiger partial charge is 0.385 e. The van der Waals surface area contributed by atoms with Crippen molar-refractivity contribution in [2.24, 2.45) is 7.05 Å². The standard InChI is InChI=1S/C23H25NOS2/c1-24-16-21(18-9-4-3-5-10-18)23(26)22(17-24)19-11-8-12-20(15-19)27-14-7-6-13-25-2/h3-5,8-12,15-17H,6-7,13-14H2,1-2H3. The highest BCUT2D eigenvalue weighted by molar-refractivity contribution is 7.99. The number of unbranched alkanes of at least 4 members (excludes halogenated alkanes) is 1. The van der Waals surface area contributed by atoms with Crippen LogP contribution in [-0.2, 0) is 11.8 Å². The van der Waals surface area contributed by atoms with Crippen molar-refractivity contribution in [2.45, 2.75) is 17.7 Å². The molecule has 0 saturated carbocycles. The number of hydrogen-bond acceptors (Lipinski definition) is 3. The van der Waals surface area contributed by atoms with Crippen molar-refractivity contribution in [3.05, 3.63) is 71.5 Å². The van der Waals surface area contributed by atoms with E-state index in [0.717, 1.165) is 46.4 Å². The van der Waals surface area contributed by atoms with Gasteiger partial charge in [-0.05, 0) is 41.9 Å². The van der Waals surface area contributed by atoms with Crippen molar-refractivity contribution in [3.8, 4) is 22.3 Å². The smallest absolute Gasteiger partial charge is 0.0563 e. The average molecular weight is 396 g/mol. The fourth-order valence-corrected chi connectivity index (χ4v) is 4.34. The molecule has 27 heavy (non-hydrogen) atoms. The molecule has 0 atom stereocenters. The third-order valence-corrected chi connectivity index (χ3v) is 5.92. The highest BCUT2D eigenvalue weighted by Gasteiger charge is 2.08. The summed E-state index contributed by atoms with van der Waals surface area (Å²) in [4.78, 5) is 1.28. The lowest BCUT2D eigenvalue weighted by Gasteiger charge is -2.12. The first-order chi connectivity index (χ1) is 13.2. The van der Waals surface area contributed by atoms with Crippen molar-refractivity contribution in [1.29, 1.82) is 0 Å². The van der Waals surface area contributed by atoms with E-state index in [0.29, 0.717) is 0 Å². The first kappa shape index (κ1) is 19.9. The monoisotopic (exact) mass is 395 g/mol. The first-order valence-corrected chi connectivity index (χ1v) is 10.6. The predicted octanol–water partition coefficient (Wildman–Crippen LogP) is 6.61. The van der Waals surface area contributed by atoms with Crippen LogP contribution in [0.25, 0.3) is 22.3 Å². The number of pyridine rings is 1. The van der Waals surface area contributed by atoms with Crippen LogP contribution in [0.15, 0.2) is 71.9 Å². The SMILES string of the molecule is COCCCCSc1cccc(-c2cn(C)cc(-c3ccccc3)c2=S)c1. The van der Waals surface area contributed by atoms with Gasteiger partial charge in [0.15, 0.2) is 0 Å². The van der Waals surface area contributed by atoms with Crippen molar-refractivity contribution >= 4 is 24.0 Å². The molecular weight excluding hydrogens is 370 g/mol. The van der Waals surface area contributed by atoms with E-state index < -0.39 is 0 Å². The molecule has 0 fully saturated rings. The van der Waals surface area contributed by atoms with Gasteiger partial charge in [0.25, 0.3) is 0 Å². The molecule has 2 nitrogen and oxygen atoms in total. The van der Waals surface area contributed by atoms with E-state index in [9.17, 15) is 0 Å². The Bertz CT molecular complexity index is 935. The Kier molecular flexibility index (Phi) is 7.27. The molecule has 0 amide bonds. The van der Waals surface area contributed by atoms with Crippen molar-refractivity contribution in [1.82, 2.24) is 4.57 Å². The van der Waals surface area contributed by atoms with E-state index in [4.69, 9.17) is 17.0 Å². The van der Waals surface area contributed by atoms with Crippen LogP contribution < -0.4 is 0 Å². The van der Waals surface area contributed by atoms with Gasteiger partial charge in [0, 0.05) is 49.2 Å². The summed E-state index contributed by atoms with van der Waals surface area (Å²) in [5.41, 5.74) is 4.54. The zero-order chi connectivity index (χ0) is 19.1. The van der Waals surface area contributed by atoms with Crippen LogP contribution in [0.2, 0.25) is 0 Å². The number of methoxy groups -OCH3 is 1. The Morgan fingerprint density at radius 1 is 0.926 bits per heavy atom. The second kappa shape index (κ2) is 9.88. The number of ether oxygens (including phenoxy) is 1. The minimum atomic E-state index is 0.836. The molecular formula is C23H25NOS2. The van der Waals surface area contributed by atoms with E-state index in [1.54, 1.807) is 7.11 Å². The van der Waals surface area contributed by atoms with Crippen molar-refractivity contribution in [2.75, 3.05) is 19.5 Å². The Hall–Kier alpha value is -1.88. The summed E-state index contributed by atoms with van der Waals surface area (Å²) in [5, 5.41) is 0. The van der Waals surface area contributed by atoms with Gasteiger partial charge < -0.3 is 9.30 Å². The lowest BCUT2D eigenvalue weighted by atomic mass is 10.0. The molecule has 0 unspecified atom stereocenters. The van der Waals surface area contributed by atoms with E-state index >= 15 is 0 Å². The highest BCUT2D eigenvalue weighted by Crippen LogP contribution is 2.31. The van der Waals surface area contributed by atoms with Crippen LogP contribution in [-0.4, -0.2) is 24.0 Å². The van der Waals surface area contributed by atoms with Gasteiger partial charge in [-0.15, -0.1) is 11.8 Å². The van der Waals surface area contributed by atoms with Crippen LogP contribution in [0, 0.1) is 4.51 Å². The van der Waals surface area contributed by atoms with Gasteiger partial charge in [-0.2, -0.15) is 0 Å². The molecule has 3 aromatic rings. The third kappa shape index (κ3) is 5.32. The molecule has 0 aliphatic carbocycles. The molecule has 0 N–H and O–H groups in total. The van der Waals surface area contributed by atoms with E-state index in [1.165, 1.54) is 10.5 Å². The molecule has 4 heteroatoms. The number of aryl methyl sites for hydroxylation is 1. The van der Waals surface area contributed by atoms with E-state index in [2.05, 4.69) is 72.5 Å². The summed E-state index contributed by atoms with van der Waals surface area (Å²) in [6.45, 7) is 0.836. The highest BCUT2D eigenvalue weighted by atomic mass is 32.2. The first-order valence-electron chi connectivity index (χ1n) is 9.17. The maximum Gasteiger partial charge on any atom is 0.0563 e. The Morgan fingerprint density at radius 3 is 2.37 bits per heavy atom. The van der Waals surface area contributed by atoms with Crippen molar-refractivity contribution in [3.63, 3.8) is 0 Å². The van der Waals surface area contributed by atoms with Crippen molar-refractivity contribution < 1.29 is 4.74 Å². The van der Waals surface area contributed by atoms with Crippen LogP contribution in [0.1, 0.15) is 12.8 Å². The molecule has 3 rings (SSSR count). The van der Waals surface area contributed by atoms with Gasteiger partial charge in [-0.3, -0.25) is 0 Å². The average Bonchev–Trinajstić information content (AvgIpc) is 2.70. The second-order valence-electron chi connectivity index (χ2n) is 6.52. The zero-order valence-corrected chi connectivity index (χ0v) is 17.5. The Balaban J connectivity index is 1.87. The predicted molar refractivity (Wildman–Crippen MR) is 119 cm³/mol. The lowest BCUT2D eigenvalue weighted by Crippen LogP contribution is -1.95. The van der Waals surface area contributed by atoms with E-state index in [1.807, 2.05) is 17.8 Å². The molecule has 0 saturated heterocycles. The van der Waals surface area contributed by atoms with E-state index in [-0.39, 0.29) is 0 Å². The number of nitrogens with zero attached hydrogens (tertiary/aromatic N) is 1. The summed E-state index contributed by atoms with van der Waals surface area (Å²) in [7, 11) is 3.81. The Morgan fingerprint density at radius 2 is 1.63 bits per heavy atom. The second-order valence-corrected chi connectivity index (χ2v) is 8.10. The van der Waals surface area contributed by atoms with Gasteiger partial charge in [0.2, 0.25) is 0 Å². The molecule has 0 aliphatic heterocycles. The number of hydrogen-bond donors (Lipinski definition) is 0. The summed E-state index contributed by atoms with van der Waals surface area (Å²) in [6, 6.07) is 19.1. The molecule has 0 radical (unpaired) electrons. The van der Waals surface area contributed by atoms with Gasteiger partial charge >= 0.3 is 0 Å². The number of benzene rings is 2. The molecule has 140 valence electrons. The van der Waals surface area contributed by atoms with Gasteiger partial charge in [0.05, 0.1) is 4.51 Å². The molecule has 1 aromatic heterocycles. The molecule has 0 aliphatic rings. The van der Waals surface area contributed by atoms with Crippen LogP contribution in [0.3, 0.4) is 0 Å². The number of rotatable bonds is 8. The molecule has 2 aromatic carbocycles. The number of thioether (sulfide) groups is 1. The topological polar surface area (TPSA) is 14.2 Å². The minimum Gasteiger partial charge on any atom is -0.385 e.